The molecule has 0 heterocycles. The predicted octanol–water partition coefficient (Wildman–Crippen LogP) is 3.55. The highest BCUT2D eigenvalue weighted by atomic mass is 32.2. The number of aliphatic hydroxyl groups is 1. The van der Waals surface area contributed by atoms with E-state index in [0.29, 0.717) is 11.6 Å². The van der Waals surface area contributed by atoms with Crippen LogP contribution in [0.25, 0.3) is 11.1 Å². The van der Waals surface area contributed by atoms with Crippen molar-refractivity contribution in [3.63, 3.8) is 0 Å². The average Bonchev–Trinajstić information content (AvgIpc) is 2.45. The smallest absolute Gasteiger partial charge is 0.392 e. The van der Waals surface area contributed by atoms with Gasteiger partial charge in [-0.15, -0.1) is 0 Å². The zero-order valence-electron chi connectivity index (χ0n) is 11.4. The molecule has 0 aliphatic carbocycles. The lowest BCUT2D eigenvalue weighted by Crippen LogP contribution is -2.08. The number of rotatable bonds is 4. The topological polar surface area (TPSA) is 69.6 Å². The van der Waals surface area contributed by atoms with Crippen LogP contribution in [0.5, 0.6) is 0 Å². The quantitative estimate of drug-likeness (QED) is 0.584. The van der Waals surface area contributed by atoms with Crippen molar-refractivity contribution in [2.24, 2.45) is 0 Å². The highest BCUT2D eigenvalue weighted by molar-refractivity contribution is 7.80. The molecule has 0 spiro atoms. The fourth-order valence-electron chi connectivity index (χ4n) is 2.02. The Bertz CT molecular complexity index is 749. The molecule has 0 aliphatic rings. The summed E-state index contributed by atoms with van der Waals surface area (Å²) in [5.74, 6) is -1.40. The maximum atomic E-state index is 13.6. The fourth-order valence-corrected chi connectivity index (χ4v) is 2.41. The number of hydrogen-bond acceptors (Lipinski definition) is 2. The number of alkyl halides is 3. The molecule has 2 aromatic carbocycles. The second-order valence-corrected chi connectivity index (χ2v) is 5.28. The van der Waals surface area contributed by atoms with Gasteiger partial charge in [-0.1, -0.05) is 12.1 Å². The molecule has 0 saturated carbocycles. The van der Waals surface area contributed by atoms with Gasteiger partial charge in [0, 0.05) is 5.56 Å². The minimum absolute atomic E-state index is 0.182. The third-order valence-electron chi connectivity index (χ3n) is 3.08. The van der Waals surface area contributed by atoms with Crippen LogP contribution in [0.3, 0.4) is 0 Å². The molecule has 4 nitrogen and oxygen atoms in total. The standard InChI is InChI=1S/C14H11F4NO3S/c15-12-6-9(1-3-11(12)14(16,17)18)8-2-4-13(19-23(21)22)10(5-8)7-20/h1-6,19-20H,7H2,(H,21,22). The molecule has 0 saturated heterocycles. The van der Waals surface area contributed by atoms with E-state index in [2.05, 4.69) is 4.72 Å². The van der Waals surface area contributed by atoms with Gasteiger partial charge < -0.3 is 5.11 Å². The Morgan fingerprint density at radius 1 is 1.09 bits per heavy atom. The first kappa shape index (κ1) is 17.4. The molecule has 0 bridgehead atoms. The van der Waals surface area contributed by atoms with Gasteiger partial charge >= 0.3 is 6.18 Å². The van der Waals surface area contributed by atoms with Crippen molar-refractivity contribution < 1.29 is 31.4 Å². The lowest BCUT2D eigenvalue weighted by molar-refractivity contribution is -0.139. The second-order valence-electron chi connectivity index (χ2n) is 4.57. The van der Waals surface area contributed by atoms with E-state index in [9.17, 15) is 26.9 Å². The third-order valence-corrected chi connectivity index (χ3v) is 3.48. The van der Waals surface area contributed by atoms with Crippen LogP contribution in [-0.4, -0.2) is 13.9 Å². The number of benzene rings is 2. The molecule has 0 aliphatic heterocycles. The SMILES string of the molecule is O=S(O)Nc1ccc(-c2ccc(C(F)(F)F)c(F)c2)cc1CO. The molecule has 3 N–H and O–H groups in total. The third kappa shape index (κ3) is 4.06. The van der Waals surface area contributed by atoms with Gasteiger partial charge in [0.1, 0.15) is 5.82 Å². The summed E-state index contributed by atoms with van der Waals surface area (Å²) in [7, 11) is 0. The molecule has 124 valence electrons. The molecule has 0 radical (unpaired) electrons. The summed E-state index contributed by atoms with van der Waals surface area (Å²) >= 11 is -2.34. The minimum atomic E-state index is -4.78. The summed E-state index contributed by atoms with van der Waals surface area (Å²) in [4.78, 5) is 0. The van der Waals surface area contributed by atoms with E-state index in [0.717, 1.165) is 12.1 Å². The first-order valence-corrected chi connectivity index (χ1v) is 7.31. The zero-order valence-corrected chi connectivity index (χ0v) is 12.2. The normalized spacial score (nSPS) is 13.0. The van der Waals surface area contributed by atoms with Crippen LogP contribution in [0.2, 0.25) is 0 Å². The lowest BCUT2D eigenvalue weighted by atomic mass is 10.0. The first-order chi connectivity index (χ1) is 10.7. The van der Waals surface area contributed by atoms with Crippen molar-refractivity contribution in [2.45, 2.75) is 12.8 Å². The molecular formula is C14H11F4NO3S. The summed E-state index contributed by atoms with van der Waals surface area (Å²) in [6.45, 7) is -0.476. The molecule has 9 heteroatoms. The summed E-state index contributed by atoms with van der Waals surface area (Å²) < 4.78 is 72.9. The van der Waals surface area contributed by atoms with Gasteiger partial charge in [-0.25, -0.2) is 8.60 Å². The van der Waals surface area contributed by atoms with Gasteiger partial charge in [-0.3, -0.25) is 9.27 Å². The van der Waals surface area contributed by atoms with Crippen molar-refractivity contribution >= 4 is 17.0 Å². The zero-order chi connectivity index (χ0) is 17.2. The number of aliphatic hydroxyl groups excluding tert-OH is 1. The van der Waals surface area contributed by atoms with Crippen LogP contribution in [-0.2, 0) is 24.0 Å². The highest BCUT2D eigenvalue weighted by Gasteiger charge is 2.33. The molecule has 0 aromatic heterocycles. The van der Waals surface area contributed by atoms with Gasteiger partial charge in [0.2, 0.25) is 0 Å². The Hall–Kier alpha value is -1.97. The summed E-state index contributed by atoms with van der Waals surface area (Å²) in [6.07, 6.45) is -4.78. The van der Waals surface area contributed by atoms with E-state index in [1.807, 2.05) is 0 Å². The molecule has 1 atom stereocenters. The Morgan fingerprint density at radius 3 is 2.22 bits per heavy atom. The summed E-state index contributed by atoms with van der Waals surface area (Å²) in [5, 5.41) is 9.26. The number of nitrogens with one attached hydrogen (secondary N) is 1. The Morgan fingerprint density at radius 2 is 1.70 bits per heavy atom. The van der Waals surface area contributed by atoms with Crippen molar-refractivity contribution in [2.75, 3.05) is 4.72 Å². The number of halogens is 4. The summed E-state index contributed by atoms with van der Waals surface area (Å²) in [6, 6.07) is 6.67. The van der Waals surface area contributed by atoms with Crippen LogP contribution < -0.4 is 4.72 Å². The van der Waals surface area contributed by atoms with Gasteiger partial charge in [0.15, 0.2) is 0 Å². The van der Waals surface area contributed by atoms with Crippen LogP contribution in [0.15, 0.2) is 36.4 Å². The first-order valence-electron chi connectivity index (χ1n) is 6.21. The maximum absolute atomic E-state index is 13.6. The van der Waals surface area contributed by atoms with Crippen molar-refractivity contribution in [3.05, 3.63) is 53.3 Å². The Balaban J connectivity index is 2.43. The van der Waals surface area contributed by atoms with E-state index < -0.39 is 35.4 Å². The maximum Gasteiger partial charge on any atom is 0.419 e. The largest absolute Gasteiger partial charge is 0.419 e. The molecule has 2 aromatic rings. The average molecular weight is 349 g/mol. The Labute approximate surface area is 131 Å². The van der Waals surface area contributed by atoms with Crippen LogP contribution in [0, 0.1) is 5.82 Å². The van der Waals surface area contributed by atoms with Crippen molar-refractivity contribution in [1.82, 2.24) is 0 Å². The van der Waals surface area contributed by atoms with Crippen LogP contribution in [0.4, 0.5) is 23.2 Å². The van der Waals surface area contributed by atoms with Gasteiger partial charge in [0.05, 0.1) is 17.9 Å². The van der Waals surface area contributed by atoms with E-state index in [1.54, 1.807) is 0 Å². The van der Waals surface area contributed by atoms with E-state index >= 15 is 0 Å². The second kappa shape index (κ2) is 6.65. The van der Waals surface area contributed by atoms with Crippen LogP contribution >= 0.6 is 0 Å². The highest BCUT2D eigenvalue weighted by Crippen LogP contribution is 2.34. The molecule has 0 amide bonds. The van der Waals surface area contributed by atoms with Crippen molar-refractivity contribution in [3.8, 4) is 11.1 Å². The molecular weight excluding hydrogens is 338 g/mol. The molecule has 0 fully saturated rings. The number of hydrogen-bond donors (Lipinski definition) is 3. The molecule has 23 heavy (non-hydrogen) atoms. The summed E-state index contributed by atoms with van der Waals surface area (Å²) in [5.41, 5.74) is -0.398. The van der Waals surface area contributed by atoms with Crippen LogP contribution in [0.1, 0.15) is 11.1 Å². The van der Waals surface area contributed by atoms with E-state index in [4.69, 9.17) is 4.55 Å². The molecule has 2 rings (SSSR count). The Kier molecular flexibility index (Phi) is 5.03. The predicted molar refractivity (Wildman–Crippen MR) is 77.2 cm³/mol. The van der Waals surface area contributed by atoms with Gasteiger partial charge in [-0.05, 0) is 35.4 Å². The fraction of sp³-hybridized carbons (Fsp3) is 0.143. The van der Waals surface area contributed by atoms with Crippen molar-refractivity contribution in [1.29, 1.82) is 0 Å². The lowest BCUT2D eigenvalue weighted by Gasteiger charge is -2.12. The van der Waals surface area contributed by atoms with Gasteiger partial charge in [-0.2, -0.15) is 13.2 Å². The van der Waals surface area contributed by atoms with E-state index in [1.165, 1.54) is 18.2 Å². The van der Waals surface area contributed by atoms with Gasteiger partial charge in [0.25, 0.3) is 11.3 Å². The molecule has 1 unspecified atom stereocenters. The number of anilines is 1. The van der Waals surface area contributed by atoms with E-state index in [-0.39, 0.29) is 16.8 Å². The monoisotopic (exact) mass is 349 g/mol. The minimum Gasteiger partial charge on any atom is -0.392 e.